The molecule has 11 nitrogen and oxygen atoms in total. The predicted octanol–water partition coefficient (Wildman–Crippen LogP) is 2.24. The molecule has 0 aliphatic rings. The van der Waals surface area contributed by atoms with Crippen molar-refractivity contribution in [3.05, 3.63) is 70.7 Å². The molecule has 1 unspecified atom stereocenters. The number of hydrogen-bond acceptors (Lipinski definition) is 9. The summed E-state index contributed by atoms with van der Waals surface area (Å²) in [6, 6.07) is 12.1. The van der Waals surface area contributed by atoms with E-state index in [4.69, 9.17) is 31.3 Å². The minimum Gasteiger partial charge on any atom is -0.479 e. The number of amides is 1. The molecule has 3 aromatic rings. The van der Waals surface area contributed by atoms with Gasteiger partial charge in [-0.1, -0.05) is 35.9 Å². The van der Waals surface area contributed by atoms with Crippen molar-refractivity contribution in [3.63, 3.8) is 0 Å². The Morgan fingerprint density at radius 1 is 1.22 bits per heavy atom. The van der Waals surface area contributed by atoms with Gasteiger partial charge in [-0.05, 0) is 34.5 Å². The van der Waals surface area contributed by atoms with Crippen molar-refractivity contribution in [2.75, 3.05) is 20.2 Å². The number of carbonyl (C=O) groups excluding carboxylic acids is 2. The number of halogens is 2. The molecule has 0 aliphatic carbocycles. The van der Waals surface area contributed by atoms with Crippen LogP contribution in [-0.4, -0.2) is 59.4 Å². The molecule has 1 amide bonds. The van der Waals surface area contributed by atoms with E-state index in [1.54, 1.807) is 24.3 Å². The Balaban J connectivity index is 1.82. The van der Waals surface area contributed by atoms with Gasteiger partial charge in [0.15, 0.2) is 0 Å². The SMILES string of the molecule is COc1cc(C(=O)NN(Cc2ccc(-c3cc(Cl)ccc3F)cc2)CC(OC(=O)CN)C(=O)O)on1. The first-order valence-corrected chi connectivity index (χ1v) is 10.8. The molecule has 0 spiro atoms. The van der Waals surface area contributed by atoms with Gasteiger partial charge in [-0.25, -0.2) is 14.2 Å². The van der Waals surface area contributed by atoms with Gasteiger partial charge in [0.2, 0.25) is 11.9 Å². The van der Waals surface area contributed by atoms with Gasteiger partial charge in [-0.2, -0.15) is 0 Å². The Morgan fingerprint density at radius 3 is 2.56 bits per heavy atom. The number of benzene rings is 2. The minimum atomic E-state index is -1.63. The summed E-state index contributed by atoms with van der Waals surface area (Å²) in [5.41, 5.74) is 9.19. The third-order valence-electron chi connectivity index (χ3n) is 4.85. The predicted molar refractivity (Wildman–Crippen MR) is 124 cm³/mol. The number of carboxylic acid groups (broad SMARTS) is 1. The van der Waals surface area contributed by atoms with Crippen LogP contribution >= 0.6 is 11.6 Å². The van der Waals surface area contributed by atoms with Crippen LogP contribution in [0.15, 0.2) is 53.1 Å². The molecule has 0 aliphatic heterocycles. The number of aliphatic carboxylic acids is 1. The normalized spacial score (nSPS) is 11.7. The lowest BCUT2D eigenvalue weighted by Crippen LogP contribution is -2.48. The Hall–Kier alpha value is -4.00. The van der Waals surface area contributed by atoms with E-state index < -0.39 is 42.9 Å². The van der Waals surface area contributed by atoms with Crippen LogP contribution in [0.4, 0.5) is 4.39 Å². The molecule has 1 heterocycles. The lowest BCUT2D eigenvalue weighted by atomic mass is 10.0. The molecule has 0 bridgehead atoms. The highest BCUT2D eigenvalue weighted by Crippen LogP contribution is 2.26. The second-order valence-corrected chi connectivity index (χ2v) is 7.83. The maximum atomic E-state index is 14.2. The Kier molecular flexibility index (Phi) is 8.95. The fraction of sp³-hybridized carbons (Fsp3) is 0.217. The van der Waals surface area contributed by atoms with Crippen molar-refractivity contribution in [2.45, 2.75) is 12.6 Å². The van der Waals surface area contributed by atoms with E-state index in [1.807, 2.05) is 0 Å². The van der Waals surface area contributed by atoms with E-state index in [1.165, 1.54) is 36.4 Å². The second kappa shape index (κ2) is 12.1. The number of nitrogens with one attached hydrogen (secondary N) is 1. The largest absolute Gasteiger partial charge is 0.479 e. The summed E-state index contributed by atoms with van der Waals surface area (Å²) < 4.78 is 28.9. The van der Waals surface area contributed by atoms with Crippen LogP contribution < -0.4 is 15.9 Å². The molecular formula is C23H22ClFN4O7. The van der Waals surface area contributed by atoms with E-state index >= 15 is 0 Å². The van der Waals surface area contributed by atoms with Gasteiger partial charge in [0, 0.05) is 17.1 Å². The highest BCUT2D eigenvalue weighted by Gasteiger charge is 2.27. The van der Waals surface area contributed by atoms with Gasteiger partial charge in [-0.3, -0.25) is 15.0 Å². The van der Waals surface area contributed by atoms with Crippen LogP contribution in [0.2, 0.25) is 5.02 Å². The van der Waals surface area contributed by atoms with Crippen molar-refractivity contribution in [1.82, 2.24) is 15.6 Å². The average molecular weight is 521 g/mol. The Bertz CT molecular complexity index is 1240. The monoisotopic (exact) mass is 520 g/mol. The highest BCUT2D eigenvalue weighted by atomic mass is 35.5. The van der Waals surface area contributed by atoms with E-state index in [0.717, 1.165) is 0 Å². The van der Waals surface area contributed by atoms with Crippen molar-refractivity contribution in [1.29, 1.82) is 0 Å². The molecule has 0 radical (unpaired) electrons. The standard InChI is InChI=1S/C23H22ClFN4O7/c1-34-20-9-18(36-28-20)22(31)27-29(12-19(23(32)33)35-21(30)10-26)11-13-2-4-14(5-3-13)16-8-15(24)6-7-17(16)25/h2-9,19H,10-12,26H2,1H3,(H,27,31)(H,32,33). The van der Waals surface area contributed by atoms with E-state index in [0.29, 0.717) is 21.7 Å². The number of aromatic nitrogens is 1. The highest BCUT2D eigenvalue weighted by molar-refractivity contribution is 6.30. The number of hydrogen-bond donors (Lipinski definition) is 3. The van der Waals surface area contributed by atoms with Gasteiger partial charge in [0.05, 0.1) is 26.3 Å². The zero-order valence-electron chi connectivity index (χ0n) is 18.9. The summed E-state index contributed by atoms with van der Waals surface area (Å²) >= 11 is 5.97. The average Bonchev–Trinajstić information content (AvgIpc) is 3.35. The number of carbonyl (C=O) groups is 3. The van der Waals surface area contributed by atoms with E-state index in [9.17, 15) is 23.9 Å². The zero-order valence-corrected chi connectivity index (χ0v) is 19.7. The number of ether oxygens (including phenoxy) is 2. The van der Waals surface area contributed by atoms with Crippen molar-refractivity contribution in [2.24, 2.45) is 5.73 Å². The maximum Gasteiger partial charge on any atom is 0.346 e. The number of rotatable bonds is 11. The summed E-state index contributed by atoms with van der Waals surface area (Å²) in [4.78, 5) is 35.9. The molecule has 0 saturated carbocycles. The smallest absolute Gasteiger partial charge is 0.346 e. The molecule has 36 heavy (non-hydrogen) atoms. The zero-order chi connectivity index (χ0) is 26.2. The first kappa shape index (κ1) is 26.6. The molecule has 0 fully saturated rings. The third-order valence-corrected chi connectivity index (χ3v) is 5.09. The number of methoxy groups -OCH3 is 1. The minimum absolute atomic E-state index is 0.0146. The molecule has 4 N–H and O–H groups in total. The van der Waals surface area contributed by atoms with E-state index in [-0.39, 0.29) is 18.2 Å². The summed E-state index contributed by atoms with van der Waals surface area (Å²) in [7, 11) is 1.34. The first-order chi connectivity index (χ1) is 17.2. The van der Waals surface area contributed by atoms with Crippen LogP contribution in [0.5, 0.6) is 5.88 Å². The number of esters is 1. The summed E-state index contributed by atoms with van der Waals surface area (Å²) in [6.07, 6.45) is -1.63. The van der Waals surface area contributed by atoms with Crippen LogP contribution in [0.3, 0.4) is 0 Å². The summed E-state index contributed by atoms with van der Waals surface area (Å²) in [5.74, 6) is -3.71. The van der Waals surface area contributed by atoms with Crippen molar-refractivity contribution in [3.8, 4) is 17.0 Å². The van der Waals surface area contributed by atoms with Gasteiger partial charge < -0.3 is 24.8 Å². The molecule has 13 heteroatoms. The summed E-state index contributed by atoms with van der Waals surface area (Å²) in [5, 5.41) is 14.6. The fourth-order valence-electron chi connectivity index (χ4n) is 3.11. The topological polar surface area (TPSA) is 157 Å². The fourth-order valence-corrected chi connectivity index (χ4v) is 3.28. The maximum absolute atomic E-state index is 14.2. The second-order valence-electron chi connectivity index (χ2n) is 7.40. The molecule has 3 rings (SSSR count). The lowest BCUT2D eigenvalue weighted by molar-refractivity contribution is -0.164. The van der Waals surface area contributed by atoms with Crippen molar-refractivity contribution < 1.29 is 37.9 Å². The summed E-state index contributed by atoms with van der Waals surface area (Å²) in [6.45, 7) is -0.961. The van der Waals surface area contributed by atoms with Gasteiger partial charge in [0.1, 0.15) is 5.82 Å². The molecule has 0 saturated heterocycles. The van der Waals surface area contributed by atoms with Gasteiger partial charge in [0.25, 0.3) is 5.88 Å². The number of nitrogens with two attached hydrogens (primary N) is 1. The first-order valence-electron chi connectivity index (χ1n) is 10.4. The molecule has 1 aromatic heterocycles. The number of hydrazine groups is 1. The number of carboxylic acids is 1. The van der Waals surface area contributed by atoms with Crippen molar-refractivity contribution >= 4 is 29.4 Å². The van der Waals surface area contributed by atoms with Crippen LogP contribution in [0.1, 0.15) is 16.1 Å². The van der Waals surface area contributed by atoms with Crippen LogP contribution in [0, 0.1) is 5.82 Å². The quantitative estimate of drug-likeness (QED) is 0.253. The molecule has 2 aromatic carbocycles. The molecule has 1 atom stereocenters. The molecular weight excluding hydrogens is 499 g/mol. The van der Waals surface area contributed by atoms with Gasteiger partial charge >= 0.3 is 17.8 Å². The van der Waals surface area contributed by atoms with Crippen LogP contribution in [-0.2, 0) is 20.9 Å². The Morgan fingerprint density at radius 2 is 1.94 bits per heavy atom. The molecule has 190 valence electrons. The third kappa shape index (κ3) is 7.01. The van der Waals surface area contributed by atoms with E-state index in [2.05, 4.69) is 10.6 Å². The van der Waals surface area contributed by atoms with Crippen LogP contribution in [0.25, 0.3) is 11.1 Å². The lowest BCUT2D eigenvalue weighted by Gasteiger charge is -2.25. The number of nitrogens with zero attached hydrogens (tertiary/aromatic N) is 2. The Labute approximate surface area is 209 Å². The van der Waals surface area contributed by atoms with Gasteiger partial charge in [-0.15, -0.1) is 0 Å².